The third-order valence-electron chi connectivity index (χ3n) is 6.70. The molecule has 0 unspecified atom stereocenters. The highest BCUT2D eigenvalue weighted by atomic mass is 32.2. The summed E-state index contributed by atoms with van der Waals surface area (Å²) in [6.45, 7) is 2.26. The molecular weight excluding hydrogens is 408 g/mol. The Labute approximate surface area is 186 Å². The van der Waals surface area contributed by atoms with Gasteiger partial charge in [0.2, 0.25) is 10.0 Å². The van der Waals surface area contributed by atoms with E-state index in [2.05, 4.69) is 52.1 Å². The van der Waals surface area contributed by atoms with Crippen LogP contribution in [0.3, 0.4) is 0 Å². The Kier molecular flexibility index (Phi) is 7.43. The first-order valence-corrected chi connectivity index (χ1v) is 13.3. The Balaban J connectivity index is 1.35. The van der Waals surface area contributed by atoms with Gasteiger partial charge in [-0.15, -0.1) is 0 Å². The van der Waals surface area contributed by atoms with Crippen molar-refractivity contribution in [2.45, 2.75) is 62.8 Å². The van der Waals surface area contributed by atoms with Gasteiger partial charge in [-0.2, -0.15) is 0 Å². The van der Waals surface area contributed by atoms with Crippen molar-refractivity contribution in [3.05, 3.63) is 71.8 Å². The predicted octanol–water partition coefficient (Wildman–Crippen LogP) is 3.92. The van der Waals surface area contributed by atoms with Crippen molar-refractivity contribution < 1.29 is 13.2 Å². The second-order valence-corrected chi connectivity index (χ2v) is 10.8. The lowest BCUT2D eigenvalue weighted by atomic mass is 9.83. The molecule has 0 spiro atoms. The van der Waals surface area contributed by atoms with Crippen LogP contribution in [0.1, 0.15) is 49.1 Å². The summed E-state index contributed by atoms with van der Waals surface area (Å²) < 4.78 is 33.0. The van der Waals surface area contributed by atoms with E-state index in [0.717, 1.165) is 45.2 Å². The van der Waals surface area contributed by atoms with Gasteiger partial charge in [-0.1, -0.05) is 60.7 Å². The molecule has 1 saturated heterocycles. The first-order chi connectivity index (χ1) is 15.0. The number of ether oxygens (including phenoxy) is 1. The van der Waals surface area contributed by atoms with Gasteiger partial charge in [-0.3, -0.25) is 4.90 Å². The molecule has 168 valence electrons. The first-order valence-electron chi connectivity index (χ1n) is 11.4. The topological polar surface area (TPSA) is 58.6 Å². The summed E-state index contributed by atoms with van der Waals surface area (Å²) in [4.78, 5) is 2.37. The molecule has 31 heavy (non-hydrogen) atoms. The molecule has 1 aliphatic heterocycles. The van der Waals surface area contributed by atoms with Crippen molar-refractivity contribution in [3.8, 4) is 0 Å². The van der Waals surface area contributed by atoms with Crippen LogP contribution in [0.5, 0.6) is 0 Å². The van der Waals surface area contributed by atoms with Crippen molar-refractivity contribution in [1.29, 1.82) is 0 Å². The Morgan fingerprint density at radius 2 is 1.58 bits per heavy atom. The standard InChI is InChI=1S/C25H34N2O3S/c1-31(28,29)26-24-16-17-27(18-20-8-4-2-5-9-20)25(24)19-30-23-14-12-22(13-15-23)21-10-6-3-7-11-21/h2-11,22-26H,12-19H2,1H3/t22?,23?,24-,25-/m1/s1. The van der Waals surface area contributed by atoms with E-state index in [1.54, 1.807) is 0 Å². The van der Waals surface area contributed by atoms with Gasteiger partial charge in [0.15, 0.2) is 0 Å². The van der Waals surface area contributed by atoms with Crippen molar-refractivity contribution in [2.24, 2.45) is 0 Å². The molecule has 5 nitrogen and oxygen atoms in total. The predicted molar refractivity (Wildman–Crippen MR) is 124 cm³/mol. The molecule has 1 heterocycles. The van der Waals surface area contributed by atoms with Crippen LogP contribution >= 0.6 is 0 Å². The fraction of sp³-hybridized carbons (Fsp3) is 0.520. The number of benzene rings is 2. The lowest BCUT2D eigenvalue weighted by Gasteiger charge is -2.33. The van der Waals surface area contributed by atoms with Gasteiger partial charge < -0.3 is 4.74 Å². The Morgan fingerprint density at radius 1 is 0.935 bits per heavy atom. The average Bonchev–Trinajstić information content (AvgIpc) is 3.13. The smallest absolute Gasteiger partial charge is 0.209 e. The molecule has 2 atom stereocenters. The highest BCUT2D eigenvalue weighted by molar-refractivity contribution is 7.88. The molecule has 0 amide bonds. The number of hydrogen-bond acceptors (Lipinski definition) is 4. The molecule has 0 bridgehead atoms. The van der Waals surface area contributed by atoms with Crippen molar-refractivity contribution >= 4 is 10.0 Å². The third-order valence-corrected chi connectivity index (χ3v) is 7.43. The average molecular weight is 443 g/mol. The Morgan fingerprint density at radius 3 is 2.23 bits per heavy atom. The molecule has 2 aromatic rings. The molecule has 1 saturated carbocycles. The van der Waals surface area contributed by atoms with E-state index in [4.69, 9.17) is 4.74 Å². The number of nitrogens with zero attached hydrogens (tertiary/aromatic N) is 1. The lowest BCUT2D eigenvalue weighted by Crippen LogP contribution is -2.47. The second kappa shape index (κ2) is 10.3. The zero-order valence-electron chi connectivity index (χ0n) is 18.3. The number of sulfonamides is 1. The van der Waals surface area contributed by atoms with E-state index in [1.807, 2.05) is 18.2 Å². The molecule has 0 aromatic heterocycles. The van der Waals surface area contributed by atoms with Gasteiger partial charge in [0, 0.05) is 25.2 Å². The first kappa shape index (κ1) is 22.5. The maximum Gasteiger partial charge on any atom is 0.209 e. The fourth-order valence-electron chi connectivity index (χ4n) is 5.09. The van der Waals surface area contributed by atoms with E-state index in [1.165, 1.54) is 17.4 Å². The van der Waals surface area contributed by atoms with Crippen LogP contribution in [0, 0.1) is 0 Å². The molecule has 2 fully saturated rings. The largest absolute Gasteiger partial charge is 0.377 e. The normalized spacial score (nSPS) is 27.4. The van der Waals surface area contributed by atoms with Crippen molar-refractivity contribution in [1.82, 2.24) is 9.62 Å². The zero-order chi connectivity index (χ0) is 21.7. The van der Waals surface area contributed by atoms with Crippen molar-refractivity contribution in [3.63, 3.8) is 0 Å². The summed E-state index contributed by atoms with van der Waals surface area (Å²) >= 11 is 0. The van der Waals surface area contributed by atoms with Crippen LogP contribution in [0.25, 0.3) is 0 Å². The summed E-state index contributed by atoms with van der Waals surface area (Å²) in [5, 5.41) is 0. The van der Waals surface area contributed by atoms with Gasteiger partial charge in [-0.05, 0) is 49.1 Å². The third kappa shape index (κ3) is 6.39. The van der Waals surface area contributed by atoms with E-state index in [9.17, 15) is 8.42 Å². The molecule has 2 aliphatic rings. The molecule has 2 aromatic carbocycles. The van der Waals surface area contributed by atoms with Crippen LogP contribution in [0.4, 0.5) is 0 Å². The number of nitrogens with one attached hydrogen (secondary N) is 1. The summed E-state index contributed by atoms with van der Waals surface area (Å²) in [5.41, 5.74) is 2.68. The maximum atomic E-state index is 11.9. The van der Waals surface area contributed by atoms with Crippen LogP contribution in [0.15, 0.2) is 60.7 Å². The van der Waals surface area contributed by atoms with E-state index in [0.29, 0.717) is 12.5 Å². The van der Waals surface area contributed by atoms with Gasteiger partial charge in [-0.25, -0.2) is 13.1 Å². The summed E-state index contributed by atoms with van der Waals surface area (Å²) in [7, 11) is -3.25. The SMILES string of the molecule is CS(=O)(=O)N[C@@H]1CCN(Cc2ccccc2)[C@@H]1COC1CCC(c2ccccc2)CC1. The molecule has 1 aliphatic carbocycles. The Hall–Kier alpha value is -1.73. The quantitative estimate of drug-likeness (QED) is 0.673. The van der Waals surface area contributed by atoms with Gasteiger partial charge in [0.25, 0.3) is 0 Å². The second-order valence-electron chi connectivity index (χ2n) is 9.03. The summed E-state index contributed by atoms with van der Waals surface area (Å²) in [6.07, 6.45) is 6.75. The summed E-state index contributed by atoms with van der Waals surface area (Å²) in [6, 6.07) is 21.1. The molecular formula is C25H34N2O3S. The van der Waals surface area contributed by atoms with E-state index < -0.39 is 10.0 Å². The highest BCUT2D eigenvalue weighted by Gasteiger charge is 2.36. The number of hydrogen-bond donors (Lipinski definition) is 1. The minimum absolute atomic E-state index is 0.0572. The van der Waals surface area contributed by atoms with Crippen LogP contribution in [-0.2, 0) is 21.3 Å². The van der Waals surface area contributed by atoms with Gasteiger partial charge >= 0.3 is 0 Å². The maximum absolute atomic E-state index is 11.9. The summed E-state index contributed by atoms with van der Waals surface area (Å²) in [5.74, 6) is 0.627. The van der Waals surface area contributed by atoms with Crippen LogP contribution < -0.4 is 4.72 Å². The monoisotopic (exact) mass is 442 g/mol. The van der Waals surface area contributed by atoms with Gasteiger partial charge in [0.05, 0.1) is 19.0 Å². The van der Waals surface area contributed by atoms with E-state index in [-0.39, 0.29) is 18.2 Å². The minimum atomic E-state index is -3.25. The number of rotatable bonds is 8. The zero-order valence-corrected chi connectivity index (χ0v) is 19.1. The lowest BCUT2D eigenvalue weighted by molar-refractivity contribution is -0.00739. The van der Waals surface area contributed by atoms with Crippen LogP contribution in [0.2, 0.25) is 0 Å². The fourth-order valence-corrected chi connectivity index (χ4v) is 5.91. The van der Waals surface area contributed by atoms with Crippen LogP contribution in [-0.4, -0.2) is 50.9 Å². The molecule has 1 N–H and O–H groups in total. The van der Waals surface area contributed by atoms with Crippen molar-refractivity contribution in [2.75, 3.05) is 19.4 Å². The van der Waals surface area contributed by atoms with E-state index >= 15 is 0 Å². The molecule has 6 heteroatoms. The minimum Gasteiger partial charge on any atom is -0.377 e. The molecule has 0 radical (unpaired) electrons. The highest BCUT2D eigenvalue weighted by Crippen LogP contribution is 2.34. The Bertz CT molecular complexity index is 912. The molecule has 4 rings (SSSR count). The number of likely N-dealkylation sites (tertiary alicyclic amines) is 1. The van der Waals surface area contributed by atoms with Gasteiger partial charge in [0.1, 0.15) is 0 Å².